The van der Waals surface area contributed by atoms with Gasteiger partial charge < -0.3 is 10.2 Å². The van der Waals surface area contributed by atoms with Gasteiger partial charge in [0.2, 0.25) is 11.8 Å². The van der Waals surface area contributed by atoms with Crippen molar-refractivity contribution in [1.29, 1.82) is 0 Å². The zero-order chi connectivity index (χ0) is 10.1. The quantitative estimate of drug-likeness (QED) is 0.738. The van der Waals surface area contributed by atoms with E-state index in [-0.39, 0.29) is 18.4 Å². The van der Waals surface area contributed by atoms with Crippen LogP contribution >= 0.6 is 11.3 Å². The van der Waals surface area contributed by atoms with Gasteiger partial charge in [-0.15, -0.1) is 0 Å². The molecule has 1 aliphatic heterocycles. The molecule has 1 atom stereocenters. The van der Waals surface area contributed by atoms with Gasteiger partial charge in [-0.05, 0) is 18.4 Å². The molecular weight excluding hydrogens is 200 g/mol. The van der Waals surface area contributed by atoms with Crippen LogP contribution in [-0.2, 0) is 9.59 Å². The van der Waals surface area contributed by atoms with E-state index in [1.165, 1.54) is 16.2 Å². The maximum absolute atomic E-state index is 11.7. The summed E-state index contributed by atoms with van der Waals surface area (Å²) in [6.07, 6.45) is 0. The van der Waals surface area contributed by atoms with Gasteiger partial charge in [0, 0.05) is 5.38 Å². The minimum atomic E-state index is -0.420. The first kappa shape index (κ1) is 9.21. The zero-order valence-electron chi connectivity index (χ0n) is 7.69. The van der Waals surface area contributed by atoms with E-state index in [4.69, 9.17) is 0 Å². The number of rotatable bonds is 1. The van der Waals surface area contributed by atoms with Crippen molar-refractivity contribution in [2.75, 3.05) is 11.4 Å². The maximum Gasteiger partial charge on any atom is 0.249 e. The third kappa shape index (κ3) is 1.50. The molecule has 1 unspecified atom stereocenters. The molecule has 74 valence electrons. The molecule has 2 amide bonds. The van der Waals surface area contributed by atoms with Gasteiger partial charge in [-0.25, -0.2) is 0 Å². The standard InChI is InChI=1S/C9H10N2O2S/c1-6-9(13)11(4-8(12)10-6)7-2-3-14-5-7/h2-3,5-6H,4H2,1H3,(H,10,12). The smallest absolute Gasteiger partial charge is 0.249 e. The highest BCUT2D eigenvalue weighted by atomic mass is 32.1. The lowest BCUT2D eigenvalue weighted by Crippen LogP contribution is -2.56. The average Bonchev–Trinajstić information content (AvgIpc) is 2.63. The molecule has 0 saturated carbocycles. The molecule has 1 fully saturated rings. The highest BCUT2D eigenvalue weighted by Crippen LogP contribution is 2.20. The second kappa shape index (κ2) is 3.42. The van der Waals surface area contributed by atoms with Crippen molar-refractivity contribution in [3.8, 4) is 0 Å². The minimum absolute atomic E-state index is 0.0528. The third-order valence-corrected chi connectivity index (χ3v) is 2.80. The Balaban J connectivity index is 2.26. The maximum atomic E-state index is 11.7. The minimum Gasteiger partial charge on any atom is -0.343 e. The summed E-state index contributed by atoms with van der Waals surface area (Å²) in [5.74, 6) is -0.161. The normalized spacial score (nSPS) is 22.4. The second-order valence-electron chi connectivity index (χ2n) is 3.20. The van der Waals surface area contributed by atoms with Crippen LogP contribution in [0.3, 0.4) is 0 Å². The Morgan fingerprint density at radius 1 is 1.57 bits per heavy atom. The Labute approximate surface area is 85.5 Å². The summed E-state index contributed by atoms with van der Waals surface area (Å²) in [6, 6.07) is 1.42. The van der Waals surface area contributed by atoms with Crippen LogP contribution in [0, 0.1) is 0 Å². The predicted octanol–water partition coefficient (Wildman–Crippen LogP) is 0.599. The molecule has 1 saturated heterocycles. The first-order chi connectivity index (χ1) is 6.68. The summed E-state index contributed by atoms with van der Waals surface area (Å²) < 4.78 is 0. The second-order valence-corrected chi connectivity index (χ2v) is 3.98. The van der Waals surface area contributed by atoms with Crippen molar-refractivity contribution < 1.29 is 9.59 Å². The van der Waals surface area contributed by atoms with Gasteiger partial charge in [0.25, 0.3) is 0 Å². The number of carbonyl (C=O) groups excluding carboxylic acids is 2. The molecule has 1 aliphatic rings. The van der Waals surface area contributed by atoms with Crippen molar-refractivity contribution in [2.24, 2.45) is 0 Å². The summed E-state index contributed by atoms with van der Waals surface area (Å²) in [6.45, 7) is 1.82. The molecular formula is C9H10N2O2S. The third-order valence-electron chi connectivity index (χ3n) is 2.13. The fraction of sp³-hybridized carbons (Fsp3) is 0.333. The molecule has 14 heavy (non-hydrogen) atoms. The van der Waals surface area contributed by atoms with Gasteiger partial charge in [-0.2, -0.15) is 11.3 Å². The Morgan fingerprint density at radius 2 is 2.36 bits per heavy atom. The predicted molar refractivity (Wildman–Crippen MR) is 54.3 cm³/mol. The van der Waals surface area contributed by atoms with Gasteiger partial charge in [0.15, 0.2) is 0 Å². The topological polar surface area (TPSA) is 49.4 Å². The van der Waals surface area contributed by atoms with Gasteiger partial charge in [0.1, 0.15) is 12.6 Å². The van der Waals surface area contributed by atoms with Gasteiger partial charge in [0.05, 0.1) is 5.69 Å². The number of hydrogen-bond acceptors (Lipinski definition) is 3. The molecule has 0 spiro atoms. The highest BCUT2D eigenvalue weighted by Gasteiger charge is 2.30. The van der Waals surface area contributed by atoms with Crippen LogP contribution in [-0.4, -0.2) is 24.4 Å². The molecule has 0 bridgehead atoms. The lowest BCUT2D eigenvalue weighted by molar-refractivity contribution is -0.130. The van der Waals surface area contributed by atoms with Crippen molar-refractivity contribution in [3.63, 3.8) is 0 Å². The number of carbonyl (C=O) groups is 2. The Kier molecular flexibility index (Phi) is 2.25. The zero-order valence-corrected chi connectivity index (χ0v) is 8.50. The van der Waals surface area contributed by atoms with Gasteiger partial charge in [-0.1, -0.05) is 0 Å². The summed E-state index contributed by atoms with van der Waals surface area (Å²) in [4.78, 5) is 24.4. The number of amides is 2. The Hall–Kier alpha value is -1.36. The fourth-order valence-corrected chi connectivity index (χ4v) is 2.08. The van der Waals surface area contributed by atoms with E-state index in [0.717, 1.165) is 5.69 Å². The molecule has 4 nitrogen and oxygen atoms in total. The summed E-state index contributed by atoms with van der Waals surface area (Å²) in [7, 11) is 0. The van der Waals surface area contributed by atoms with Gasteiger partial charge >= 0.3 is 0 Å². The highest BCUT2D eigenvalue weighted by molar-refractivity contribution is 7.08. The molecule has 0 aliphatic carbocycles. The summed E-state index contributed by atoms with van der Waals surface area (Å²) in [5.41, 5.74) is 0.807. The van der Waals surface area contributed by atoms with E-state index in [0.29, 0.717) is 0 Å². The van der Waals surface area contributed by atoms with Gasteiger partial charge in [-0.3, -0.25) is 9.59 Å². The summed E-state index contributed by atoms with van der Waals surface area (Å²) >= 11 is 1.51. The van der Waals surface area contributed by atoms with Crippen LogP contribution in [0.25, 0.3) is 0 Å². The van der Waals surface area contributed by atoms with Crippen LogP contribution in [0.2, 0.25) is 0 Å². The molecule has 2 heterocycles. The van der Waals surface area contributed by atoms with E-state index < -0.39 is 6.04 Å². The fourth-order valence-electron chi connectivity index (χ4n) is 1.43. The molecule has 1 N–H and O–H groups in total. The number of anilines is 1. The largest absolute Gasteiger partial charge is 0.343 e. The molecule has 5 heteroatoms. The number of thiophene rings is 1. The van der Waals surface area contributed by atoms with Crippen LogP contribution in [0.1, 0.15) is 6.92 Å². The SMILES string of the molecule is CC1NC(=O)CN(c2ccsc2)C1=O. The number of nitrogens with one attached hydrogen (secondary N) is 1. The molecule has 2 rings (SSSR count). The lowest BCUT2D eigenvalue weighted by Gasteiger charge is -2.29. The first-order valence-electron chi connectivity index (χ1n) is 4.31. The van der Waals surface area contributed by atoms with Crippen molar-refractivity contribution in [1.82, 2.24) is 5.32 Å². The average molecular weight is 210 g/mol. The number of nitrogens with zero attached hydrogens (tertiary/aromatic N) is 1. The van der Waals surface area contributed by atoms with Crippen LogP contribution < -0.4 is 10.2 Å². The molecule has 1 aromatic heterocycles. The lowest BCUT2D eigenvalue weighted by atomic mass is 10.2. The van der Waals surface area contributed by atoms with Crippen molar-refractivity contribution >= 4 is 28.8 Å². The molecule has 0 aromatic carbocycles. The van der Waals surface area contributed by atoms with Crippen LogP contribution in [0.5, 0.6) is 0 Å². The van der Waals surface area contributed by atoms with E-state index >= 15 is 0 Å². The van der Waals surface area contributed by atoms with E-state index in [9.17, 15) is 9.59 Å². The number of piperazine rings is 1. The number of hydrogen-bond donors (Lipinski definition) is 1. The van der Waals surface area contributed by atoms with Crippen molar-refractivity contribution in [3.05, 3.63) is 16.8 Å². The molecule has 0 radical (unpaired) electrons. The Morgan fingerprint density at radius 3 is 3.00 bits per heavy atom. The van der Waals surface area contributed by atoms with E-state index in [1.54, 1.807) is 6.92 Å². The Bertz CT molecular complexity index is 361. The first-order valence-corrected chi connectivity index (χ1v) is 5.25. The van der Waals surface area contributed by atoms with Crippen LogP contribution in [0.4, 0.5) is 5.69 Å². The monoisotopic (exact) mass is 210 g/mol. The van der Waals surface area contributed by atoms with E-state index in [1.807, 2.05) is 16.8 Å². The van der Waals surface area contributed by atoms with Crippen molar-refractivity contribution in [2.45, 2.75) is 13.0 Å². The van der Waals surface area contributed by atoms with E-state index in [2.05, 4.69) is 5.32 Å². The summed E-state index contributed by atoms with van der Waals surface area (Å²) in [5, 5.41) is 6.35. The van der Waals surface area contributed by atoms with Crippen LogP contribution in [0.15, 0.2) is 16.8 Å². The molecule has 1 aromatic rings.